The summed E-state index contributed by atoms with van der Waals surface area (Å²) >= 11 is 2.02. The number of halogens is 2. The smallest absolute Gasteiger partial charge is 0.252 e. The predicted octanol–water partition coefficient (Wildman–Crippen LogP) is 3.36. The van der Waals surface area contributed by atoms with Crippen LogP contribution in [0.25, 0.3) is 0 Å². The molecule has 0 unspecified atom stereocenters. The lowest BCUT2D eigenvalue weighted by Crippen LogP contribution is -2.23. The standard InChI is InChI=1S/C14H11FINO/c15-11-6-7-13(16)12(8-11)14(18)17-9-10-4-2-1-3-5-10/h1-8H,9H2,(H,17,18). The lowest BCUT2D eigenvalue weighted by atomic mass is 10.2. The van der Waals surface area contributed by atoms with Gasteiger partial charge in [0.1, 0.15) is 5.82 Å². The van der Waals surface area contributed by atoms with Gasteiger partial charge in [-0.05, 0) is 46.4 Å². The van der Waals surface area contributed by atoms with Gasteiger partial charge in [0.25, 0.3) is 5.91 Å². The van der Waals surface area contributed by atoms with Crippen molar-refractivity contribution in [2.45, 2.75) is 6.54 Å². The fourth-order valence-electron chi connectivity index (χ4n) is 1.54. The largest absolute Gasteiger partial charge is 0.348 e. The Kier molecular flexibility index (Phi) is 4.30. The molecular weight excluding hydrogens is 344 g/mol. The molecule has 0 saturated heterocycles. The molecule has 92 valence electrons. The molecule has 0 aliphatic heterocycles. The summed E-state index contributed by atoms with van der Waals surface area (Å²) in [6.45, 7) is 0.437. The third kappa shape index (κ3) is 3.29. The number of hydrogen-bond donors (Lipinski definition) is 1. The van der Waals surface area contributed by atoms with E-state index in [1.807, 2.05) is 52.9 Å². The number of nitrogens with one attached hydrogen (secondary N) is 1. The van der Waals surface area contributed by atoms with Crippen molar-refractivity contribution in [3.63, 3.8) is 0 Å². The number of benzene rings is 2. The van der Waals surface area contributed by atoms with Crippen LogP contribution in [0.4, 0.5) is 4.39 Å². The van der Waals surface area contributed by atoms with E-state index in [2.05, 4.69) is 5.32 Å². The van der Waals surface area contributed by atoms with Gasteiger partial charge in [0.2, 0.25) is 0 Å². The summed E-state index contributed by atoms with van der Waals surface area (Å²) in [6, 6.07) is 13.8. The molecule has 0 atom stereocenters. The van der Waals surface area contributed by atoms with Crippen LogP contribution in [-0.2, 0) is 6.54 Å². The highest BCUT2D eigenvalue weighted by atomic mass is 127. The van der Waals surface area contributed by atoms with Gasteiger partial charge in [-0.2, -0.15) is 0 Å². The predicted molar refractivity (Wildman–Crippen MR) is 76.7 cm³/mol. The van der Waals surface area contributed by atoms with Crippen LogP contribution in [0.15, 0.2) is 48.5 Å². The summed E-state index contributed by atoms with van der Waals surface area (Å²) in [5, 5.41) is 2.77. The van der Waals surface area contributed by atoms with E-state index < -0.39 is 5.82 Å². The van der Waals surface area contributed by atoms with Crippen molar-refractivity contribution >= 4 is 28.5 Å². The first-order valence-electron chi connectivity index (χ1n) is 5.44. The zero-order valence-electron chi connectivity index (χ0n) is 9.49. The highest BCUT2D eigenvalue weighted by Crippen LogP contribution is 2.13. The molecule has 4 heteroatoms. The highest BCUT2D eigenvalue weighted by molar-refractivity contribution is 14.1. The van der Waals surface area contributed by atoms with Crippen molar-refractivity contribution < 1.29 is 9.18 Å². The molecule has 2 aromatic carbocycles. The Balaban J connectivity index is 2.06. The molecule has 1 amide bonds. The fourth-order valence-corrected chi connectivity index (χ4v) is 2.13. The third-order valence-corrected chi connectivity index (χ3v) is 3.41. The molecule has 2 aromatic rings. The van der Waals surface area contributed by atoms with E-state index in [-0.39, 0.29) is 5.91 Å². The van der Waals surface area contributed by atoms with Crippen LogP contribution in [0.5, 0.6) is 0 Å². The number of carbonyl (C=O) groups excluding carboxylic acids is 1. The van der Waals surface area contributed by atoms with Crippen LogP contribution in [0.3, 0.4) is 0 Å². The number of carbonyl (C=O) groups is 1. The summed E-state index contributed by atoms with van der Waals surface area (Å²) in [4.78, 5) is 11.9. The van der Waals surface area contributed by atoms with Crippen molar-refractivity contribution in [3.05, 3.63) is 69.0 Å². The minimum absolute atomic E-state index is 0.261. The first-order chi connectivity index (χ1) is 8.66. The molecule has 0 aromatic heterocycles. The molecule has 0 heterocycles. The van der Waals surface area contributed by atoms with E-state index in [9.17, 15) is 9.18 Å². The maximum atomic E-state index is 13.1. The lowest BCUT2D eigenvalue weighted by Gasteiger charge is -2.07. The lowest BCUT2D eigenvalue weighted by molar-refractivity contribution is 0.0949. The molecule has 0 aliphatic rings. The van der Waals surface area contributed by atoms with E-state index in [1.54, 1.807) is 6.07 Å². The Labute approximate surface area is 118 Å². The molecule has 0 fully saturated rings. The van der Waals surface area contributed by atoms with Crippen LogP contribution in [0.2, 0.25) is 0 Å². The summed E-state index contributed by atoms with van der Waals surface area (Å²) in [6.07, 6.45) is 0. The van der Waals surface area contributed by atoms with Crippen LogP contribution in [0.1, 0.15) is 15.9 Å². The molecule has 0 saturated carbocycles. The minimum atomic E-state index is -0.403. The molecule has 0 aliphatic carbocycles. The van der Waals surface area contributed by atoms with Gasteiger partial charge in [-0.25, -0.2) is 4.39 Å². The van der Waals surface area contributed by atoms with E-state index >= 15 is 0 Å². The van der Waals surface area contributed by atoms with Crippen LogP contribution in [0, 0.1) is 9.39 Å². The SMILES string of the molecule is O=C(NCc1ccccc1)c1cc(F)ccc1I. The van der Waals surface area contributed by atoms with Crippen molar-refractivity contribution in [2.75, 3.05) is 0 Å². The van der Waals surface area contributed by atoms with Crippen molar-refractivity contribution in [1.82, 2.24) is 5.32 Å². The molecule has 0 radical (unpaired) electrons. The zero-order valence-corrected chi connectivity index (χ0v) is 11.6. The van der Waals surface area contributed by atoms with E-state index in [0.717, 1.165) is 9.13 Å². The second-order valence-corrected chi connectivity index (χ2v) is 4.95. The quantitative estimate of drug-likeness (QED) is 0.841. The van der Waals surface area contributed by atoms with Crippen LogP contribution < -0.4 is 5.32 Å². The average molecular weight is 355 g/mol. The maximum Gasteiger partial charge on any atom is 0.252 e. The number of hydrogen-bond acceptors (Lipinski definition) is 1. The monoisotopic (exact) mass is 355 g/mol. The molecule has 2 nitrogen and oxygen atoms in total. The summed E-state index contributed by atoms with van der Waals surface area (Å²) in [7, 11) is 0. The van der Waals surface area contributed by atoms with Gasteiger partial charge in [-0.3, -0.25) is 4.79 Å². The Morgan fingerprint density at radius 1 is 1.17 bits per heavy atom. The van der Waals surface area contributed by atoms with Crippen LogP contribution in [-0.4, -0.2) is 5.91 Å². The van der Waals surface area contributed by atoms with E-state index in [0.29, 0.717) is 12.1 Å². The van der Waals surface area contributed by atoms with Gasteiger partial charge in [-0.1, -0.05) is 30.3 Å². The molecule has 18 heavy (non-hydrogen) atoms. The molecule has 0 spiro atoms. The Bertz CT molecular complexity index is 557. The van der Waals surface area contributed by atoms with Gasteiger partial charge in [0.15, 0.2) is 0 Å². The van der Waals surface area contributed by atoms with Gasteiger partial charge < -0.3 is 5.32 Å². The zero-order chi connectivity index (χ0) is 13.0. The molecule has 1 N–H and O–H groups in total. The third-order valence-electron chi connectivity index (χ3n) is 2.47. The Morgan fingerprint density at radius 2 is 1.89 bits per heavy atom. The average Bonchev–Trinajstić information content (AvgIpc) is 2.40. The van der Waals surface area contributed by atoms with Crippen molar-refractivity contribution in [1.29, 1.82) is 0 Å². The fraction of sp³-hybridized carbons (Fsp3) is 0.0714. The van der Waals surface area contributed by atoms with Gasteiger partial charge in [0.05, 0.1) is 5.56 Å². The summed E-state index contributed by atoms with van der Waals surface area (Å²) in [5.74, 6) is -0.664. The normalized spacial score (nSPS) is 10.1. The van der Waals surface area contributed by atoms with E-state index in [4.69, 9.17) is 0 Å². The molecule has 0 bridgehead atoms. The van der Waals surface area contributed by atoms with Crippen molar-refractivity contribution in [3.8, 4) is 0 Å². The first-order valence-corrected chi connectivity index (χ1v) is 6.52. The van der Waals surface area contributed by atoms with Gasteiger partial charge in [-0.15, -0.1) is 0 Å². The van der Waals surface area contributed by atoms with Crippen LogP contribution >= 0.6 is 22.6 Å². The Morgan fingerprint density at radius 3 is 2.61 bits per heavy atom. The minimum Gasteiger partial charge on any atom is -0.348 e. The molecule has 2 rings (SSSR count). The summed E-state index contributed by atoms with van der Waals surface area (Å²) in [5.41, 5.74) is 1.38. The molecular formula is C14H11FINO. The highest BCUT2D eigenvalue weighted by Gasteiger charge is 2.10. The van der Waals surface area contributed by atoms with Gasteiger partial charge >= 0.3 is 0 Å². The number of rotatable bonds is 3. The second-order valence-electron chi connectivity index (χ2n) is 3.79. The summed E-state index contributed by atoms with van der Waals surface area (Å²) < 4.78 is 13.8. The second kappa shape index (κ2) is 5.95. The van der Waals surface area contributed by atoms with Gasteiger partial charge in [0, 0.05) is 10.1 Å². The topological polar surface area (TPSA) is 29.1 Å². The van der Waals surface area contributed by atoms with Crippen molar-refractivity contribution in [2.24, 2.45) is 0 Å². The Hall–Kier alpha value is -1.43. The first kappa shape index (κ1) is 13.0. The maximum absolute atomic E-state index is 13.1. The van der Waals surface area contributed by atoms with E-state index in [1.165, 1.54) is 12.1 Å². The number of amides is 1.